The minimum atomic E-state index is -0.642. The number of anilines is 1. The van der Waals surface area contributed by atoms with Crippen molar-refractivity contribution in [3.05, 3.63) is 83.1 Å². The molecule has 7 aromatic rings. The average Bonchev–Trinajstić information content (AvgIpc) is 4.00. The van der Waals surface area contributed by atoms with Crippen LogP contribution in [0.3, 0.4) is 0 Å². The van der Waals surface area contributed by atoms with E-state index in [-0.39, 0.29) is 18.1 Å². The Morgan fingerprint density at radius 3 is 2.28 bits per heavy atom. The van der Waals surface area contributed by atoms with Gasteiger partial charge in [0.05, 0.1) is 29.1 Å². The van der Waals surface area contributed by atoms with Gasteiger partial charge in [-0.05, 0) is 96.3 Å². The molecule has 6 N–H and O–H groups in total. The quantitative estimate of drug-likeness (QED) is 0.105. The van der Waals surface area contributed by atoms with Gasteiger partial charge in [-0.1, -0.05) is 12.2 Å². The molecule has 1 saturated heterocycles. The van der Waals surface area contributed by atoms with E-state index in [1.54, 1.807) is 39.7 Å². The van der Waals surface area contributed by atoms with Gasteiger partial charge < -0.3 is 26.1 Å². The molecule has 3 amide bonds. The summed E-state index contributed by atoms with van der Waals surface area (Å²) in [5.41, 5.74) is 16.9. The van der Waals surface area contributed by atoms with Crippen molar-refractivity contribution < 1.29 is 19.1 Å². The van der Waals surface area contributed by atoms with Crippen LogP contribution in [0.15, 0.2) is 54.9 Å². The van der Waals surface area contributed by atoms with Crippen LogP contribution in [0.25, 0.3) is 44.6 Å². The van der Waals surface area contributed by atoms with E-state index in [0.717, 1.165) is 60.0 Å². The Hall–Kier alpha value is -6.95. The standard InChI is InChI=1S/C42H48N14O4/c1-5-55-32(17-24(3)51-55)38-46-23-30-29-19-27(36(43)57)21-34(60-16-11-26-9-12-45-13-10-26)35(29)53(39(30)49-38)14-7-8-15-54-40-31(20-28(22-47-40)37(44)58)48-42(54)50-41(59)33-18-25(4)52-56(33)6-2/h7-8,17-23,26,45H,5-6,9-16H2,1-4H3,(H2,43,57)(H2,44,58)(H,48,50,59)/b8-7+. The molecule has 1 aliphatic rings. The lowest BCUT2D eigenvalue weighted by Crippen LogP contribution is -2.28. The number of piperidine rings is 1. The van der Waals surface area contributed by atoms with Crippen LogP contribution < -0.4 is 26.8 Å². The molecule has 0 bridgehead atoms. The molecule has 0 aliphatic carbocycles. The van der Waals surface area contributed by atoms with E-state index in [9.17, 15) is 14.4 Å². The smallest absolute Gasteiger partial charge is 0.276 e. The molecule has 0 radical (unpaired) electrons. The largest absolute Gasteiger partial charge is 0.491 e. The van der Waals surface area contributed by atoms with Crippen LogP contribution in [-0.4, -0.2) is 86.0 Å². The lowest BCUT2D eigenvalue weighted by Gasteiger charge is -2.22. The number of benzene rings is 1. The fourth-order valence-corrected chi connectivity index (χ4v) is 7.90. The Morgan fingerprint density at radius 2 is 1.55 bits per heavy atom. The number of aryl methyl sites for hydroxylation is 4. The van der Waals surface area contributed by atoms with Crippen molar-refractivity contribution in [3.63, 3.8) is 0 Å². The number of hydrogen-bond donors (Lipinski definition) is 4. The molecular weight excluding hydrogens is 765 g/mol. The molecule has 18 heteroatoms. The molecule has 60 heavy (non-hydrogen) atoms. The van der Waals surface area contributed by atoms with Crippen molar-refractivity contribution in [3.8, 4) is 17.3 Å². The second-order valence-corrected chi connectivity index (χ2v) is 15.0. The third-order valence-corrected chi connectivity index (χ3v) is 10.9. The summed E-state index contributed by atoms with van der Waals surface area (Å²) >= 11 is 0. The molecule has 7 heterocycles. The van der Waals surface area contributed by atoms with Crippen LogP contribution in [0, 0.1) is 19.8 Å². The number of hydrogen-bond acceptors (Lipinski definition) is 11. The zero-order valence-electron chi connectivity index (χ0n) is 34.1. The van der Waals surface area contributed by atoms with Crippen LogP contribution in [0.4, 0.5) is 5.95 Å². The molecule has 0 spiro atoms. The van der Waals surface area contributed by atoms with E-state index in [1.807, 2.05) is 50.6 Å². The number of fused-ring (bicyclic) bond motifs is 4. The molecule has 0 unspecified atom stereocenters. The normalized spacial score (nSPS) is 13.6. The first-order valence-corrected chi connectivity index (χ1v) is 20.2. The van der Waals surface area contributed by atoms with Crippen LogP contribution >= 0.6 is 0 Å². The van der Waals surface area contributed by atoms with E-state index in [4.69, 9.17) is 26.2 Å². The Balaban J connectivity index is 1.19. The lowest BCUT2D eigenvalue weighted by atomic mass is 9.95. The summed E-state index contributed by atoms with van der Waals surface area (Å²) in [7, 11) is 0. The lowest BCUT2D eigenvalue weighted by molar-refractivity contribution is 0.0991. The second kappa shape index (κ2) is 16.7. The maximum Gasteiger partial charge on any atom is 0.276 e. The molecule has 0 saturated carbocycles. The van der Waals surface area contributed by atoms with E-state index in [1.165, 1.54) is 6.20 Å². The number of ether oxygens (including phenoxy) is 1. The number of carbonyl (C=O) groups excluding carboxylic acids is 3. The number of amides is 3. The summed E-state index contributed by atoms with van der Waals surface area (Å²) in [5, 5.41) is 16.8. The third-order valence-electron chi connectivity index (χ3n) is 10.9. The van der Waals surface area contributed by atoms with Crippen molar-refractivity contribution in [1.82, 2.24) is 53.9 Å². The van der Waals surface area contributed by atoms with Gasteiger partial charge >= 0.3 is 0 Å². The second-order valence-electron chi connectivity index (χ2n) is 15.0. The Bertz CT molecular complexity index is 2800. The molecule has 1 aromatic carbocycles. The van der Waals surface area contributed by atoms with Crippen molar-refractivity contribution >= 4 is 56.8 Å². The highest BCUT2D eigenvalue weighted by molar-refractivity contribution is 6.12. The highest BCUT2D eigenvalue weighted by atomic mass is 16.5. The van der Waals surface area contributed by atoms with Gasteiger partial charge in [0.15, 0.2) is 11.5 Å². The van der Waals surface area contributed by atoms with E-state index >= 15 is 0 Å². The summed E-state index contributed by atoms with van der Waals surface area (Å²) in [5.74, 6) is 0.206. The molecule has 0 atom stereocenters. The average molecular weight is 813 g/mol. The van der Waals surface area contributed by atoms with Gasteiger partial charge in [-0.3, -0.25) is 33.6 Å². The van der Waals surface area contributed by atoms with Gasteiger partial charge in [0, 0.05) is 54.9 Å². The number of nitrogens with one attached hydrogen (secondary N) is 2. The number of carbonyl (C=O) groups is 3. The van der Waals surface area contributed by atoms with Crippen LogP contribution in [0.1, 0.15) is 75.7 Å². The van der Waals surface area contributed by atoms with Crippen molar-refractivity contribution in [1.29, 1.82) is 0 Å². The highest BCUT2D eigenvalue weighted by Crippen LogP contribution is 2.37. The Labute approximate surface area is 345 Å². The number of imidazole rings is 1. The number of nitrogens with two attached hydrogens (primary N) is 2. The molecule has 1 fully saturated rings. The number of allylic oxidation sites excluding steroid dienone is 2. The van der Waals surface area contributed by atoms with Crippen LogP contribution in [-0.2, 0) is 26.2 Å². The van der Waals surface area contributed by atoms with E-state index < -0.39 is 17.7 Å². The van der Waals surface area contributed by atoms with Crippen molar-refractivity contribution in [2.75, 3.05) is 25.0 Å². The number of aromatic nitrogens is 10. The molecular formula is C42H48N14O4. The van der Waals surface area contributed by atoms with Crippen molar-refractivity contribution in [2.24, 2.45) is 17.4 Å². The van der Waals surface area contributed by atoms with Gasteiger partial charge in [0.1, 0.15) is 28.3 Å². The molecule has 8 rings (SSSR count). The molecule has 1 aliphatic heterocycles. The fourth-order valence-electron chi connectivity index (χ4n) is 7.90. The summed E-state index contributed by atoms with van der Waals surface area (Å²) in [6.07, 6.45) is 10.1. The Kier molecular flexibility index (Phi) is 11.1. The minimum absolute atomic E-state index is 0.193. The zero-order chi connectivity index (χ0) is 42.1. The monoisotopic (exact) mass is 812 g/mol. The Morgan fingerprint density at radius 1 is 0.833 bits per heavy atom. The van der Waals surface area contributed by atoms with Gasteiger partial charge in [0.25, 0.3) is 5.91 Å². The van der Waals surface area contributed by atoms with Crippen LogP contribution in [0.5, 0.6) is 5.75 Å². The summed E-state index contributed by atoms with van der Waals surface area (Å²) in [4.78, 5) is 57.4. The predicted octanol–water partition coefficient (Wildman–Crippen LogP) is 4.52. The van der Waals surface area contributed by atoms with Gasteiger partial charge in [0.2, 0.25) is 17.8 Å². The maximum atomic E-state index is 13.6. The van der Waals surface area contributed by atoms with E-state index in [2.05, 4.69) is 35.4 Å². The van der Waals surface area contributed by atoms with Gasteiger partial charge in [-0.15, -0.1) is 0 Å². The summed E-state index contributed by atoms with van der Waals surface area (Å²) < 4.78 is 13.8. The van der Waals surface area contributed by atoms with Crippen LogP contribution in [0.2, 0.25) is 0 Å². The fraction of sp³-hybridized carbons (Fsp3) is 0.357. The zero-order valence-corrected chi connectivity index (χ0v) is 34.1. The molecule has 18 nitrogen and oxygen atoms in total. The molecule has 310 valence electrons. The third kappa shape index (κ3) is 7.80. The minimum Gasteiger partial charge on any atom is -0.491 e. The van der Waals surface area contributed by atoms with E-state index in [0.29, 0.717) is 77.5 Å². The summed E-state index contributed by atoms with van der Waals surface area (Å²) in [6.45, 7) is 11.9. The first kappa shape index (κ1) is 39.9. The van der Waals surface area contributed by atoms with Crippen molar-refractivity contribution in [2.45, 2.75) is 73.1 Å². The number of nitrogens with zero attached hydrogens (tertiary/aromatic N) is 10. The number of primary amides is 2. The first-order chi connectivity index (χ1) is 29.0. The molecule has 6 aromatic heterocycles. The summed E-state index contributed by atoms with van der Waals surface area (Å²) in [6, 6.07) is 8.70. The predicted molar refractivity (Wildman–Crippen MR) is 227 cm³/mol. The maximum absolute atomic E-state index is 13.6. The number of pyridine rings is 1. The van der Waals surface area contributed by atoms with Gasteiger partial charge in [-0.2, -0.15) is 10.2 Å². The topological polar surface area (TPSA) is 234 Å². The highest BCUT2D eigenvalue weighted by Gasteiger charge is 2.23. The first-order valence-electron chi connectivity index (χ1n) is 20.2. The van der Waals surface area contributed by atoms with Gasteiger partial charge in [-0.25, -0.2) is 19.9 Å². The SMILES string of the molecule is CCn1nc(C)cc1C(=O)Nc1nc2cc(C(N)=O)cnc2n1C/C=C/Cn1c2nc(-c3cc(C)nn3CC)ncc2c2cc(C(N)=O)cc(OCCC3CCNCC3)c21. The number of rotatable bonds is 15.